The summed E-state index contributed by atoms with van der Waals surface area (Å²) in [7, 11) is 2.27. The van der Waals surface area contributed by atoms with Crippen LogP contribution in [0.15, 0.2) is 18.3 Å². The highest BCUT2D eigenvalue weighted by Gasteiger charge is 2.25. The monoisotopic (exact) mass is 273 g/mol. The molecule has 0 radical (unpaired) electrons. The van der Waals surface area contributed by atoms with E-state index in [9.17, 15) is 0 Å². The fraction of sp³-hybridized carbons (Fsp3) is 0.706. The van der Waals surface area contributed by atoms with Gasteiger partial charge in [-0.05, 0) is 45.3 Å². The van der Waals surface area contributed by atoms with Crippen LogP contribution >= 0.6 is 0 Å². The first-order valence-corrected chi connectivity index (χ1v) is 8.26. The molecule has 3 nitrogen and oxygen atoms in total. The van der Waals surface area contributed by atoms with Crippen molar-refractivity contribution in [1.82, 2.24) is 9.88 Å². The first kappa shape index (κ1) is 13.9. The van der Waals surface area contributed by atoms with E-state index in [0.29, 0.717) is 6.04 Å². The zero-order valence-corrected chi connectivity index (χ0v) is 12.7. The van der Waals surface area contributed by atoms with E-state index in [2.05, 4.69) is 29.0 Å². The summed E-state index contributed by atoms with van der Waals surface area (Å²) in [4.78, 5) is 9.80. The molecule has 1 aromatic heterocycles. The van der Waals surface area contributed by atoms with Crippen molar-refractivity contribution in [2.45, 2.75) is 51.0 Å². The van der Waals surface area contributed by atoms with Crippen molar-refractivity contribution in [3.8, 4) is 0 Å². The Hall–Kier alpha value is -1.09. The number of nitrogens with zero attached hydrogens (tertiary/aromatic N) is 3. The number of piperidine rings is 1. The number of hydrogen-bond donors (Lipinski definition) is 0. The topological polar surface area (TPSA) is 19.4 Å². The van der Waals surface area contributed by atoms with Gasteiger partial charge in [0.1, 0.15) is 5.82 Å². The maximum atomic E-state index is 4.75. The minimum absolute atomic E-state index is 0.565. The van der Waals surface area contributed by atoms with Gasteiger partial charge in [-0.2, -0.15) is 0 Å². The molecule has 20 heavy (non-hydrogen) atoms. The van der Waals surface area contributed by atoms with Crippen LogP contribution in [0.4, 0.5) is 5.82 Å². The van der Waals surface area contributed by atoms with Gasteiger partial charge >= 0.3 is 0 Å². The Morgan fingerprint density at radius 1 is 1.00 bits per heavy atom. The summed E-state index contributed by atoms with van der Waals surface area (Å²) in [5, 5.41) is 0. The molecular weight excluding hydrogens is 246 g/mol. The molecule has 0 bridgehead atoms. The average Bonchev–Trinajstić information content (AvgIpc) is 2.77. The Kier molecular flexibility index (Phi) is 4.56. The van der Waals surface area contributed by atoms with Crippen molar-refractivity contribution in [2.24, 2.45) is 0 Å². The normalized spacial score (nSPS) is 25.4. The number of rotatable bonds is 2. The quantitative estimate of drug-likeness (QED) is 0.820. The Balaban J connectivity index is 1.86. The van der Waals surface area contributed by atoms with Crippen molar-refractivity contribution < 1.29 is 0 Å². The van der Waals surface area contributed by atoms with Gasteiger partial charge in [0, 0.05) is 30.9 Å². The smallest absolute Gasteiger partial charge is 0.133 e. The number of aromatic nitrogens is 1. The Labute approximate surface area is 123 Å². The van der Waals surface area contributed by atoms with Gasteiger partial charge < -0.3 is 4.90 Å². The number of pyridine rings is 1. The molecule has 2 aliphatic heterocycles. The molecule has 0 saturated carbocycles. The lowest BCUT2D eigenvalue weighted by molar-refractivity contribution is 0.187. The molecule has 0 aliphatic carbocycles. The van der Waals surface area contributed by atoms with Gasteiger partial charge in [0.25, 0.3) is 0 Å². The van der Waals surface area contributed by atoms with Crippen LogP contribution in [0.5, 0.6) is 0 Å². The molecule has 0 amide bonds. The van der Waals surface area contributed by atoms with Crippen molar-refractivity contribution in [3.05, 3.63) is 23.9 Å². The third-order valence-electron chi connectivity index (χ3n) is 4.85. The lowest BCUT2D eigenvalue weighted by Crippen LogP contribution is -2.33. The second-order valence-electron chi connectivity index (χ2n) is 6.31. The van der Waals surface area contributed by atoms with Gasteiger partial charge in [-0.15, -0.1) is 0 Å². The fourth-order valence-electron chi connectivity index (χ4n) is 3.68. The molecule has 0 N–H and O–H groups in total. The van der Waals surface area contributed by atoms with Crippen LogP contribution in [0.25, 0.3) is 0 Å². The van der Waals surface area contributed by atoms with Crippen LogP contribution in [-0.2, 0) is 0 Å². The van der Waals surface area contributed by atoms with Gasteiger partial charge in [0.05, 0.1) is 0 Å². The average molecular weight is 273 g/mol. The van der Waals surface area contributed by atoms with Gasteiger partial charge in [0.15, 0.2) is 0 Å². The van der Waals surface area contributed by atoms with Crippen LogP contribution in [0.2, 0.25) is 0 Å². The highest BCUT2D eigenvalue weighted by Crippen LogP contribution is 2.34. The first-order valence-electron chi connectivity index (χ1n) is 8.26. The summed E-state index contributed by atoms with van der Waals surface area (Å²) in [6.45, 7) is 3.58. The minimum atomic E-state index is 0.565. The summed E-state index contributed by atoms with van der Waals surface area (Å²) in [5.41, 5.74) is 1.46. The van der Waals surface area contributed by atoms with E-state index < -0.39 is 0 Å². The van der Waals surface area contributed by atoms with E-state index in [1.807, 2.05) is 6.20 Å². The molecule has 2 fully saturated rings. The van der Waals surface area contributed by atoms with Crippen molar-refractivity contribution >= 4 is 5.82 Å². The third kappa shape index (κ3) is 2.98. The maximum absolute atomic E-state index is 4.75. The van der Waals surface area contributed by atoms with Crippen molar-refractivity contribution in [2.75, 3.05) is 31.6 Å². The molecule has 3 rings (SSSR count). The third-order valence-corrected chi connectivity index (χ3v) is 4.85. The van der Waals surface area contributed by atoms with Crippen LogP contribution in [0, 0.1) is 0 Å². The lowest BCUT2D eigenvalue weighted by atomic mass is 9.96. The second kappa shape index (κ2) is 6.57. The summed E-state index contributed by atoms with van der Waals surface area (Å²) in [6, 6.07) is 4.98. The number of likely N-dealkylation sites (tertiary alicyclic amines) is 1. The number of anilines is 1. The largest absolute Gasteiger partial charge is 0.356 e. The highest BCUT2D eigenvalue weighted by molar-refractivity contribution is 5.48. The van der Waals surface area contributed by atoms with E-state index in [1.165, 1.54) is 76.0 Å². The summed E-state index contributed by atoms with van der Waals surface area (Å²) in [6.07, 6.45) is 11.3. The lowest BCUT2D eigenvalue weighted by Gasteiger charge is -2.35. The summed E-state index contributed by atoms with van der Waals surface area (Å²) >= 11 is 0. The zero-order valence-electron chi connectivity index (χ0n) is 12.7. The van der Waals surface area contributed by atoms with Gasteiger partial charge in [-0.25, -0.2) is 4.98 Å². The Morgan fingerprint density at radius 2 is 1.75 bits per heavy atom. The Morgan fingerprint density at radius 3 is 2.50 bits per heavy atom. The molecule has 3 heteroatoms. The minimum Gasteiger partial charge on any atom is -0.356 e. The van der Waals surface area contributed by atoms with Crippen molar-refractivity contribution in [1.29, 1.82) is 0 Å². The van der Waals surface area contributed by atoms with Crippen LogP contribution in [0.1, 0.15) is 56.6 Å². The van der Waals surface area contributed by atoms with E-state index in [0.717, 1.165) is 0 Å². The molecule has 3 heterocycles. The van der Waals surface area contributed by atoms with Crippen molar-refractivity contribution in [3.63, 3.8) is 0 Å². The van der Waals surface area contributed by atoms with E-state index >= 15 is 0 Å². The van der Waals surface area contributed by atoms with E-state index in [-0.39, 0.29) is 0 Å². The van der Waals surface area contributed by atoms with Crippen LogP contribution < -0.4 is 4.90 Å². The molecule has 110 valence electrons. The van der Waals surface area contributed by atoms with Gasteiger partial charge in [0.2, 0.25) is 0 Å². The van der Waals surface area contributed by atoms with Gasteiger partial charge in [-0.3, -0.25) is 4.90 Å². The molecule has 2 aliphatic rings. The molecule has 0 aromatic carbocycles. The highest BCUT2D eigenvalue weighted by atomic mass is 15.2. The predicted octanol–water partition coefficient (Wildman–Crippen LogP) is 3.62. The molecule has 1 atom stereocenters. The molecular formula is C17H27N3. The zero-order chi connectivity index (χ0) is 13.8. The van der Waals surface area contributed by atoms with E-state index in [4.69, 9.17) is 4.98 Å². The van der Waals surface area contributed by atoms with Crippen LogP contribution in [-0.4, -0.2) is 36.6 Å². The molecule has 2 saturated heterocycles. The number of hydrogen-bond acceptors (Lipinski definition) is 3. The standard InChI is InChI=1S/C17H27N3/c1-19-12-7-4-10-16(19)15-9-8-11-18-17(15)20-13-5-2-3-6-14-20/h8-9,11,16H,2-7,10,12-14H2,1H3/t16-/m1/s1. The van der Waals surface area contributed by atoms with Crippen LogP contribution in [0.3, 0.4) is 0 Å². The SMILES string of the molecule is CN1CCCC[C@@H]1c1cccnc1N1CCCCCC1. The fourth-order valence-corrected chi connectivity index (χ4v) is 3.68. The first-order chi connectivity index (χ1) is 9.86. The van der Waals surface area contributed by atoms with Gasteiger partial charge in [-0.1, -0.05) is 25.3 Å². The summed E-state index contributed by atoms with van der Waals surface area (Å²) < 4.78 is 0. The maximum Gasteiger partial charge on any atom is 0.133 e. The molecule has 1 aromatic rings. The predicted molar refractivity (Wildman–Crippen MR) is 84.1 cm³/mol. The Bertz CT molecular complexity index is 424. The second-order valence-corrected chi connectivity index (χ2v) is 6.31. The molecule has 0 spiro atoms. The summed E-state index contributed by atoms with van der Waals surface area (Å²) in [5.74, 6) is 1.26. The molecule has 0 unspecified atom stereocenters. The van der Waals surface area contributed by atoms with E-state index in [1.54, 1.807) is 0 Å².